The summed E-state index contributed by atoms with van der Waals surface area (Å²) < 4.78 is 13.4. The van der Waals surface area contributed by atoms with Gasteiger partial charge in [-0.25, -0.2) is 0 Å². The van der Waals surface area contributed by atoms with Gasteiger partial charge in [0.2, 0.25) is 20.1 Å². The van der Waals surface area contributed by atoms with Gasteiger partial charge in [0.25, 0.3) is 0 Å². The number of carbonyl (C=O) groups is 2. The van der Waals surface area contributed by atoms with Crippen molar-refractivity contribution in [1.82, 2.24) is 0 Å². The van der Waals surface area contributed by atoms with Crippen molar-refractivity contribution in [2.75, 3.05) is 4.90 Å². The van der Waals surface area contributed by atoms with E-state index < -0.39 is 22.2 Å². The Morgan fingerprint density at radius 2 is 1.45 bits per heavy atom. The molecule has 1 saturated carbocycles. The lowest BCUT2D eigenvalue weighted by molar-refractivity contribution is -0.134. The highest BCUT2D eigenvalue weighted by Crippen LogP contribution is 2.61. The van der Waals surface area contributed by atoms with Crippen LogP contribution in [-0.4, -0.2) is 34.1 Å². The Balaban J connectivity index is 1.82. The Labute approximate surface area is 200 Å². The second-order valence-corrected chi connectivity index (χ2v) is 21.3. The van der Waals surface area contributed by atoms with Gasteiger partial charge in [-0.05, 0) is 96.0 Å². The van der Waals surface area contributed by atoms with Gasteiger partial charge >= 0.3 is 0 Å². The van der Waals surface area contributed by atoms with Gasteiger partial charge in [-0.2, -0.15) is 0 Å². The third kappa shape index (κ3) is 4.28. The Kier molecular flexibility index (Phi) is 5.86. The Morgan fingerprint density at radius 1 is 0.879 bits per heavy atom. The van der Waals surface area contributed by atoms with Crippen molar-refractivity contribution in [3.8, 4) is 0 Å². The molecule has 0 radical (unpaired) electrons. The van der Waals surface area contributed by atoms with Crippen LogP contribution in [-0.2, 0) is 18.4 Å². The number of hydrogen-bond acceptors (Lipinski definition) is 4. The molecule has 5 atom stereocenters. The van der Waals surface area contributed by atoms with E-state index in [4.69, 9.17) is 8.85 Å². The largest absolute Gasteiger partial charge is 0.547 e. The Morgan fingerprint density at radius 3 is 2.00 bits per heavy atom. The minimum absolute atomic E-state index is 0.00558. The maximum Gasteiger partial charge on any atom is 0.241 e. The number of carbonyl (C=O) groups excluding carboxylic acids is 2. The van der Waals surface area contributed by atoms with Crippen molar-refractivity contribution in [1.29, 1.82) is 0 Å². The van der Waals surface area contributed by atoms with E-state index >= 15 is 0 Å². The first kappa shape index (κ1) is 24.4. The lowest BCUT2D eigenvalue weighted by Crippen LogP contribution is -2.57. The van der Waals surface area contributed by atoms with E-state index in [0.717, 1.165) is 12.2 Å². The fourth-order valence-corrected chi connectivity index (χ4v) is 9.15. The van der Waals surface area contributed by atoms with Gasteiger partial charge in [0.1, 0.15) is 0 Å². The molecule has 1 saturated heterocycles. The zero-order valence-electron chi connectivity index (χ0n) is 21.6. The van der Waals surface area contributed by atoms with Gasteiger partial charge < -0.3 is 8.85 Å². The SMILES string of the molecule is CC1=C(O[Si](C)(C)C)[C@H]2[C@H]3C(=O)N(c4ccccc4)C(=O)[C@H]3[C@@H]1C[C@H]2C(C)(C)O[Si](C)(C)C. The van der Waals surface area contributed by atoms with E-state index in [1.807, 2.05) is 30.3 Å². The molecule has 0 N–H and O–H groups in total. The summed E-state index contributed by atoms with van der Waals surface area (Å²) in [5.41, 5.74) is 1.43. The number of anilines is 1. The van der Waals surface area contributed by atoms with Gasteiger partial charge in [-0.3, -0.25) is 14.5 Å². The molecule has 0 unspecified atom stereocenters. The summed E-state index contributed by atoms with van der Waals surface area (Å²) in [6.07, 6.45) is 0.857. The standard InChI is InChI=1S/C26H39NO4Si2/c1-16-18-15-19(26(2,3)31-33(7,8)9)21(23(16)30-32(4,5)6)22-20(18)24(28)27(25(22)29)17-13-11-10-12-14-17/h10-14,18-22H,15H2,1-9H3/t18-,19-,20+,21-,22+/m1/s1. The van der Waals surface area contributed by atoms with Crippen molar-refractivity contribution in [3.63, 3.8) is 0 Å². The van der Waals surface area contributed by atoms with Crippen LogP contribution >= 0.6 is 0 Å². The molecule has 3 aliphatic carbocycles. The Hall–Kier alpha value is -1.71. The van der Waals surface area contributed by atoms with Crippen LogP contribution in [0.3, 0.4) is 0 Å². The fourth-order valence-electron chi connectivity index (χ4n) is 6.46. The van der Waals surface area contributed by atoms with Crippen LogP contribution in [0, 0.1) is 29.6 Å². The molecular weight excluding hydrogens is 446 g/mol. The number of benzene rings is 1. The van der Waals surface area contributed by atoms with Crippen molar-refractivity contribution in [3.05, 3.63) is 41.7 Å². The predicted octanol–water partition coefficient (Wildman–Crippen LogP) is 5.81. The highest BCUT2D eigenvalue weighted by molar-refractivity contribution is 6.70. The molecule has 180 valence electrons. The first-order valence-corrected chi connectivity index (χ1v) is 19.0. The third-order valence-electron chi connectivity index (χ3n) is 7.30. The molecule has 4 aliphatic rings. The zero-order valence-corrected chi connectivity index (χ0v) is 23.6. The lowest BCUT2D eigenvalue weighted by atomic mass is 9.52. The van der Waals surface area contributed by atoms with Crippen molar-refractivity contribution >= 4 is 34.1 Å². The number of imide groups is 1. The monoisotopic (exact) mass is 485 g/mol. The lowest BCUT2D eigenvalue weighted by Gasteiger charge is -2.55. The third-order valence-corrected chi connectivity index (χ3v) is 9.27. The fraction of sp³-hybridized carbons (Fsp3) is 0.615. The minimum Gasteiger partial charge on any atom is -0.547 e. The predicted molar refractivity (Wildman–Crippen MR) is 137 cm³/mol. The molecular formula is C26H39NO4Si2. The molecule has 1 aromatic carbocycles. The number of fused-ring (bicyclic) bond motifs is 1. The summed E-state index contributed by atoms with van der Waals surface area (Å²) in [7, 11) is -3.75. The number of para-hydroxylation sites is 1. The van der Waals surface area contributed by atoms with Crippen molar-refractivity contribution in [2.45, 2.75) is 72.1 Å². The summed E-state index contributed by atoms with van der Waals surface area (Å²) in [5, 5.41) is 0. The smallest absolute Gasteiger partial charge is 0.241 e. The van der Waals surface area contributed by atoms with E-state index in [0.29, 0.717) is 5.69 Å². The average molecular weight is 486 g/mol. The molecule has 2 amide bonds. The van der Waals surface area contributed by atoms with Gasteiger partial charge in [0.05, 0.1) is 28.9 Å². The molecule has 0 aromatic heterocycles. The van der Waals surface area contributed by atoms with E-state index in [9.17, 15) is 9.59 Å². The van der Waals surface area contributed by atoms with Gasteiger partial charge in [0.15, 0.2) is 8.32 Å². The summed E-state index contributed by atoms with van der Waals surface area (Å²) in [4.78, 5) is 29.1. The topological polar surface area (TPSA) is 55.8 Å². The van der Waals surface area contributed by atoms with Crippen LogP contribution in [0.4, 0.5) is 5.69 Å². The highest BCUT2D eigenvalue weighted by atomic mass is 28.4. The first-order chi connectivity index (χ1) is 15.1. The number of allylic oxidation sites excluding steroid dienone is 2. The van der Waals surface area contributed by atoms with E-state index in [1.54, 1.807) is 0 Å². The zero-order chi connectivity index (χ0) is 24.5. The molecule has 0 spiro atoms. The summed E-state index contributed by atoms with van der Waals surface area (Å²) in [5.74, 6) is 0.132. The van der Waals surface area contributed by atoms with Gasteiger partial charge in [0, 0.05) is 5.92 Å². The summed E-state index contributed by atoms with van der Waals surface area (Å²) in [6.45, 7) is 19.6. The summed E-state index contributed by atoms with van der Waals surface area (Å²) in [6, 6.07) is 9.37. The molecule has 5 rings (SSSR count). The quantitative estimate of drug-likeness (QED) is 0.377. The molecule has 5 nitrogen and oxygen atoms in total. The van der Waals surface area contributed by atoms with E-state index in [-0.39, 0.29) is 41.4 Å². The van der Waals surface area contributed by atoms with Crippen LogP contribution in [0.15, 0.2) is 41.7 Å². The average Bonchev–Trinajstić information content (AvgIpc) is 2.94. The van der Waals surface area contributed by atoms with Crippen LogP contribution in [0.1, 0.15) is 27.2 Å². The minimum atomic E-state index is -1.92. The molecule has 33 heavy (non-hydrogen) atoms. The van der Waals surface area contributed by atoms with Crippen LogP contribution in [0.2, 0.25) is 39.3 Å². The van der Waals surface area contributed by atoms with Gasteiger partial charge in [-0.1, -0.05) is 18.2 Å². The normalized spacial score (nSPS) is 30.2. The van der Waals surface area contributed by atoms with Crippen LogP contribution in [0.5, 0.6) is 0 Å². The van der Waals surface area contributed by atoms with Crippen LogP contribution in [0.25, 0.3) is 0 Å². The van der Waals surface area contributed by atoms with E-state index in [2.05, 4.69) is 60.1 Å². The number of nitrogens with zero attached hydrogens (tertiary/aromatic N) is 1. The molecule has 7 heteroatoms. The second-order valence-electron chi connectivity index (χ2n) is 12.5. The second kappa shape index (κ2) is 7.92. The highest BCUT2D eigenvalue weighted by Gasteiger charge is 2.65. The molecule has 2 bridgehead atoms. The summed E-state index contributed by atoms with van der Waals surface area (Å²) >= 11 is 0. The van der Waals surface area contributed by atoms with Gasteiger partial charge in [-0.15, -0.1) is 0 Å². The number of hydrogen-bond donors (Lipinski definition) is 0. The van der Waals surface area contributed by atoms with Crippen molar-refractivity contribution < 1.29 is 18.4 Å². The van der Waals surface area contributed by atoms with Crippen molar-refractivity contribution in [2.24, 2.45) is 29.6 Å². The van der Waals surface area contributed by atoms with E-state index in [1.165, 1.54) is 10.5 Å². The maximum absolute atomic E-state index is 13.9. The molecule has 1 aromatic rings. The molecule has 2 fully saturated rings. The molecule has 1 aliphatic heterocycles. The maximum atomic E-state index is 13.9. The molecule has 1 heterocycles. The Bertz CT molecular complexity index is 990. The van der Waals surface area contributed by atoms with Crippen LogP contribution < -0.4 is 4.90 Å². The number of rotatable bonds is 6. The number of amides is 2. The first-order valence-electron chi connectivity index (χ1n) is 12.1.